The van der Waals surface area contributed by atoms with Gasteiger partial charge in [-0.15, -0.1) is 0 Å². The Bertz CT molecular complexity index is 865. The Balaban J connectivity index is 1.38. The standard InChI is InChI=1S/C25H32N2O3S/c1-25(14-6-3-7-15-25)17-27-23(29)21(31-24(27)30)16-18-10-12-20(13-11-18)26-22(28)19-8-4-2-5-9-19/h10-13,16,19H,2-9,14-15,17H2,1H3,(H,26,28)/b21-16-. The van der Waals surface area contributed by atoms with E-state index < -0.39 is 0 Å². The summed E-state index contributed by atoms with van der Waals surface area (Å²) in [6.45, 7) is 2.71. The Morgan fingerprint density at radius 2 is 1.71 bits per heavy atom. The monoisotopic (exact) mass is 440 g/mol. The number of hydrogen-bond donors (Lipinski definition) is 1. The Hall–Kier alpha value is -2.08. The molecule has 2 saturated carbocycles. The molecule has 166 valence electrons. The van der Waals surface area contributed by atoms with Crippen molar-refractivity contribution in [1.29, 1.82) is 0 Å². The molecule has 0 radical (unpaired) electrons. The molecule has 0 unspecified atom stereocenters. The maximum Gasteiger partial charge on any atom is 0.293 e. The summed E-state index contributed by atoms with van der Waals surface area (Å²) in [7, 11) is 0. The highest BCUT2D eigenvalue weighted by molar-refractivity contribution is 8.18. The average molecular weight is 441 g/mol. The van der Waals surface area contributed by atoms with Crippen molar-refractivity contribution < 1.29 is 14.4 Å². The molecule has 0 aromatic heterocycles. The lowest BCUT2D eigenvalue weighted by Crippen LogP contribution is -2.39. The Morgan fingerprint density at radius 1 is 1.06 bits per heavy atom. The molecule has 3 fully saturated rings. The fourth-order valence-electron chi connectivity index (χ4n) is 5.00. The predicted octanol–water partition coefficient (Wildman–Crippen LogP) is 6.21. The highest BCUT2D eigenvalue weighted by atomic mass is 32.2. The van der Waals surface area contributed by atoms with Gasteiger partial charge in [0.05, 0.1) is 4.91 Å². The molecule has 1 aromatic rings. The molecule has 3 aliphatic rings. The van der Waals surface area contributed by atoms with Crippen LogP contribution in [-0.2, 0) is 9.59 Å². The molecule has 0 atom stereocenters. The van der Waals surface area contributed by atoms with E-state index in [0.29, 0.717) is 11.4 Å². The molecular weight excluding hydrogens is 408 g/mol. The molecule has 1 aliphatic heterocycles. The van der Waals surface area contributed by atoms with Crippen LogP contribution in [0.25, 0.3) is 6.08 Å². The highest BCUT2D eigenvalue weighted by Gasteiger charge is 2.40. The third kappa shape index (κ3) is 5.40. The molecule has 1 N–H and O–H groups in total. The van der Waals surface area contributed by atoms with Crippen molar-refractivity contribution in [3.63, 3.8) is 0 Å². The summed E-state index contributed by atoms with van der Waals surface area (Å²) < 4.78 is 0. The SMILES string of the molecule is CC1(CN2C(=O)S/C(=C\c3ccc(NC(=O)C4CCCCC4)cc3)C2=O)CCCCC1. The molecule has 31 heavy (non-hydrogen) atoms. The second kappa shape index (κ2) is 9.60. The third-order valence-corrected chi connectivity index (χ3v) is 7.83. The van der Waals surface area contributed by atoms with Crippen molar-refractivity contribution in [3.05, 3.63) is 34.7 Å². The number of imide groups is 1. The minimum absolute atomic E-state index is 0.0395. The van der Waals surface area contributed by atoms with E-state index in [9.17, 15) is 14.4 Å². The number of anilines is 1. The molecule has 0 bridgehead atoms. The van der Waals surface area contributed by atoms with E-state index in [0.717, 1.165) is 61.5 Å². The van der Waals surface area contributed by atoms with Gasteiger partial charge in [-0.25, -0.2) is 0 Å². The van der Waals surface area contributed by atoms with E-state index in [4.69, 9.17) is 0 Å². The summed E-state index contributed by atoms with van der Waals surface area (Å²) >= 11 is 1.03. The van der Waals surface area contributed by atoms with Gasteiger partial charge in [0.1, 0.15) is 0 Å². The lowest BCUT2D eigenvalue weighted by Gasteiger charge is -2.35. The predicted molar refractivity (Wildman–Crippen MR) is 126 cm³/mol. The lowest BCUT2D eigenvalue weighted by molar-refractivity contribution is -0.124. The maximum absolute atomic E-state index is 12.9. The number of hydrogen-bond acceptors (Lipinski definition) is 4. The van der Waals surface area contributed by atoms with Crippen LogP contribution >= 0.6 is 11.8 Å². The van der Waals surface area contributed by atoms with Crippen molar-refractivity contribution in [2.45, 2.75) is 71.1 Å². The number of benzene rings is 1. The normalized spacial score (nSPS) is 23.4. The van der Waals surface area contributed by atoms with Gasteiger partial charge < -0.3 is 5.32 Å². The van der Waals surface area contributed by atoms with Crippen LogP contribution in [0.1, 0.15) is 76.7 Å². The minimum Gasteiger partial charge on any atom is -0.326 e. The molecule has 6 heteroatoms. The van der Waals surface area contributed by atoms with Crippen molar-refractivity contribution in [2.24, 2.45) is 11.3 Å². The Kier molecular flexibility index (Phi) is 6.85. The fourth-order valence-corrected chi connectivity index (χ4v) is 5.84. The molecular formula is C25H32N2O3S. The quantitative estimate of drug-likeness (QED) is 0.553. The number of nitrogens with one attached hydrogen (secondary N) is 1. The molecule has 5 nitrogen and oxygen atoms in total. The summed E-state index contributed by atoms with van der Waals surface area (Å²) in [6, 6.07) is 7.49. The molecule has 4 rings (SSSR count). The summed E-state index contributed by atoms with van der Waals surface area (Å²) in [5.41, 5.74) is 1.66. The van der Waals surface area contributed by atoms with Gasteiger partial charge in [0.15, 0.2) is 0 Å². The Morgan fingerprint density at radius 3 is 2.39 bits per heavy atom. The van der Waals surface area contributed by atoms with Crippen molar-refractivity contribution >= 4 is 40.6 Å². The van der Waals surface area contributed by atoms with Crippen LogP contribution in [0.15, 0.2) is 29.2 Å². The van der Waals surface area contributed by atoms with Gasteiger partial charge in [-0.3, -0.25) is 19.3 Å². The van der Waals surface area contributed by atoms with Gasteiger partial charge in [0.2, 0.25) is 5.91 Å². The Labute approximate surface area is 189 Å². The number of carbonyl (C=O) groups is 3. The van der Waals surface area contributed by atoms with Gasteiger partial charge in [-0.05, 0) is 66.6 Å². The van der Waals surface area contributed by atoms with E-state index in [2.05, 4.69) is 12.2 Å². The zero-order chi connectivity index (χ0) is 21.8. The second-order valence-electron chi connectivity index (χ2n) is 9.59. The van der Waals surface area contributed by atoms with Crippen LogP contribution in [0.2, 0.25) is 0 Å². The minimum atomic E-state index is -0.184. The van der Waals surface area contributed by atoms with Crippen molar-refractivity contribution in [1.82, 2.24) is 4.90 Å². The third-order valence-electron chi connectivity index (χ3n) is 6.93. The van der Waals surface area contributed by atoms with Crippen molar-refractivity contribution in [2.75, 3.05) is 11.9 Å². The first-order valence-corrected chi connectivity index (χ1v) is 12.4. The molecule has 1 aromatic carbocycles. The summed E-state index contributed by atoms with van der Waals surface area (Å²) in [4.78, 5) is 39.7. The van der Waals surface area contributed by atoms with Gasteiger partial charge in [-0.1, -0.05) is 57.6 Å². The zero-order valence-corrected chi connectivity index (χ0v) is 19.1. The molecule has 1 saturated heterocycles. The van der Waals surface area contributed by atoms with Gasteiger partial charge in [-0.2, -0.15) is 0 Å². The number of nitrogens with zero attached hydrogens (tertiary/aromatic N) is 1. The van der Waals surface area contributed by atoms with E-state index in [-0.39, 0.29) is 28.4 Å². The number of rotatable bonds is 5. The second-order valence-corrected chi connectivity index (χ2v) is 10.6. The first-order valence-electron chi connectivity index (χ1n) is 11.6. The van der Waals surface area contributed by atoms with Crippen LogP contribution in [0, 0.1) is 11.3 Å². The molecule has 2 aliphatic carbocycles. The van der Waals surface area contributed by atoms with Crippen LogP contribution in [0.4, 0.5) is 10.5 Å². The van der Waals surface area contributed by atoms with E-state index >= 15 is 0 Å². The fraction of sp³-hybridized carbons (Fsp3) is 0.560. The number of thioether (sulfide) groups is 1. The zero-order valence-electron chi connectivity index (χ0n) is 18.3. The molecule has 3 amide bonds. The average Bonchev–Trinajstić information content (AvgIpc) is 3.03. The lowest BCUT2D eigenvalue weighted by atomic mass is 9.75. The molecule has 1 heterocycles. The first kappa shape index (κ1) is 22.1. The van der Waals surface area contributed by atoms with E-state index in [1.54, 1.807) is 6.08 Å². The summed E-state index contributed by atoms with van der Waals surface area (Å²) in [5, 5.41) is 2.84. The molecule has 0 spiro atoms. The van der Waals surface area contributed by atoms with Crippen molar-refractivity contribution in [3.8, 4) is 0 Å². The van der Waals surface area contributed by atoms with Gasteiger partial charge >= 0.3 is 0 Å². The number of amides is 3. The maximum atomic E-state index is 12.9. The van der Waals surface area contributed by atoms with E-state index in [1.807, 2.05) is 24.3 Å². The smallest absolute Gasteiger partial charge is 0.293 e. The van der Waals surface area contributed by atoms with E-state index in [1.165, 1.54) is 30.6 Å². The highest BCUT2D eigenvalue weighted by Crippen LogP contribution is 2.40. The van der Waals surface area contributed by atoms with Crippen LogP contribution < -0.4 is 5.32 Å². The summed E-state index contributed by atoms with van der Waals surface area (Å²) in [5.74, 6) is 0.0346. The van der Waals surface area contributed by atoms with Crippen LogP contribution in [0.3, 0.4) is 0 Å². The van der Waals surface area contributed by atoms with Crippen LogP contribution in [0.5, 0.6) is 0 Å². The summed E-state index contributed by atoms with van der Waals surface area (Å²) in [6.07, 6.45) is 12.9. The first-order chi connectivity index (χ1) is 14.9. The van der Waals surface area contributed by atoms with Gasteiger partial charge in [0.25, 0.3) is 11.1 Å². The largest absolute Gasteiger partial charge is 0.326 e. The van der Waals surface area contributed by atoms with Gasteiger partial charge in [0, 0.05) is 18.2 Å². The number of carbonyl (C=O) groups excluding carboxylic acids is 3. The van der Waals surface area contributed by atoms with Crippen LogP contribution in [-0.4, -0.2) is 28.5 Å². The topological polar surface area (TPSA) is 66.5 Å².